The van der Waals surface area contributed by atoms with E-state index in [4.69, 9.17) is 0 Å². The van der Waals surface area contributed by atoms with Gasteiger partial charge in [-0.1, -0.05) is 6.92 Å². The Balaban J connectivity index is 1.86. The molecule has 3 heterocycles. The molecule has 18 heavy (non-hydrogen) atoms. The Morgan fingerprint density at radius 3 is 3.00 bits per heavy atom. The molecule has 0 bridgehead atoms. The van der Waals surface area contributed by atoms with Gasteiger partial charge in [-0.3, -0.25) is 9.58 Å². The van der Waals surface area contributed by atoms with Crippen LogP contribution in [0.1, 0.15) is 32.4 Å². The lowest BCUT2D eigenvalue weighted by Crippen LogP contribution is -2.55. The lowest BCUT2D eigenvalue weighted by atomic mass is 10.1. The van der Waals surface area contributed by atoms with E-state index < -0.39 is 0 Å². The fraction of sp³-hybridized carbons (Fsp3) is 0.786. The molecule has 2 aliphatic rings. The number of anilines is 1. The number of hydrogen-bond donors (Lipinski definition) is 0. The summed E-state index contributed by atoms with van der Waals surface area (Å²) in [5, 5.41) is 4.59. The average molecular weight is 248 g/mol. The SMILES string of the molecule is CCc1nn(C)cc1N1CC2CCCN2CC1C. The molecule has 4 nitrogen and oxygen atoms in total. The van der Waals surface area contributed by atoms with Crippen LogP contribution in [0.4, 0.5) is 5.69 Å². The zero-order valence-electron chi connectivity index (χ0n) is 11.8. The van der Waals surface area contributed by atoms with Crippen LogP contribution in [0.5, 0.6) is 0 Å². The van der Waals surface area contributed by atoms with Crippen LogP contribution >= 0.6 is 0 Å². The molecule has 100 valence electrons. The molecule has 1 aromatic rings. The smallest absolute Gasteiger partial charge is 0.0855 e. The molecule has 0 aliphatic carbocycles. The highest BCUT2D eigenvalue weighted by molar-refractivity contribution is 5.51. The van der Waals surface area contributed by atoms with Crippen molar-refractivity contribution in [3.8, 4) is 0 Å². The van der Waals surface area contributed by atoms with E-state index >= 15 is 0 Å². The number of nitrogens with zero attached hydrogens (tertiary/aromatic N) is 4. The first kappa shape index (κ1) is 12.0. The molecule has 2 unspecified atom stereocenters. The molecule has 3 rings (SSSR count). The number of hydrogen-bond acceptors (Lipinski definition) is 3. The van der Waals surface area contributed by atoms with E-state index in [0.717, 1.165) is 12.5 Å². The van der Waals surface area contributed by atoms with Gasteiger partial charge in [0.15, 0.2) is 0 Å². The molecule has 2 saturated heterocycles. The van der Waals surface area contributed by atoms with E-state index in [1.807, 2.05) is 11.7 Å². The third kappa shape index (κ3) is 1.92. The molecule has 1 aromatic heterocycles. The van der Waals surface area contributed by atoms with E-state index in [0.29, 0.717) is 6.04 Å². The number of piperazine rings is 1. The molecule has 0 spiro atoms. The Labute approximate surface area is 110 Å². The Morgan fingerprint density at radius 2 is 2.22 bits per heavy atom. The maximum atomic E-state index is 4.59. The summed E-state index contributed by atoms with van der Waals surface area (Å²) < 4.78 is 1.96. The van der Waals surface area contributed by atoms with Crippen LogP contribution in [-0.4, -0.2) is 46.4 Å². The predicted octanol–water partition coefficient (Wildman–Crippen LogP) is 1.66. The summed E-state index contributed by atoms with van der Waals surface area (Å²) in [6.07, 6.45) is 5.96. The topological polar surface area (TPSA) is 24.3 Å². The molecule has 2 fully saturated rings. The van der Waals surface area contributed by atoms with Crippen LogP contribution in [0.3, 0.4) is 0 Å². The third-order valence-corrected chi connectivity index (χ3v) is 4.46. The van der Waals surface area contributed by atoms with Gasteiger partial charge in [-0.15, -0.1) is 0 Å². The number of fused-ring (bicyclic) bond motifs is 1. The van der Waals surface area contributed by atoms with Crippen molar-refractivity contribution >= 4 is 5.69 Å². The third-order valence-electron chi connectivity index (χ3n) is 4.46. The van der Waals surface area contributed by atoms with Crippen molar-refractivity contribution in [1.29, 1.82) is 0 Å². The molecular weight excluding hydrogens is 224 g/mol. The quantitative estimate of drug-likeness (QED) is 0.795. The van der Waals surface area contributed by atoms with Crippen LogP contribution in [0.15, 0.2) is 6.20 Å². The molecule has 2 atom stereocenters. The van der Waals surface area contributed by atoms with Crippen molar-refractivity contribution in [1.82, 2.24) is 14.7 Å². The fourth-order valence-electron chi connectivity index (χ4n) is 3.54. The summed E-state index contributed by atoms with van der Waals surface area (Å²) in [4.78, 5) is 5.25. The minimum atomic E-state index is 0.605. The summed E-state index contributed by atoms with van der Waals surface area (Å²) >= 11 is 0. The normalized spacial score (nSPS) is 28.7. The van der Waals surface area contributed by atoms with Crippen molar-refractivity contribution < 1.29 is 0 Å². The first-order valence-electron chi connectivity index (χ1n) is 7.22. The largest absolute Gasteiger partial charge is 0.363 e. The molecule has 0 N–H and O–H groups in total. The Bertz CT molecular complexity index is 425. The van der Waals surface area contributed by atoms with Gasteiger partial charge < -0.3 is 4.90 Å². The zero-order chi connectivity index (χ0) is 12.7. The van der Waals surface area contributed by atoms with Gasteiger partial charge in [-0.05, 0) is 32.7 Å². The average Bonchev–Trinajstić information content (AvgIpc) is 2.93. The second kappa shape index (κ2) is 4.57. The summed E-state index contributed by atoms with van der Waals surface area (Å²) in [7, 11) is 2.03. The summed E-state index contributed by atoms with van der Waals surface area (Å²) in [5.41, 5.74) is 2.61. The van der Waals surface area contributed by atoms with Crippen LogP contribution in [-0.2, 0) is 13.5 Å². The summed E-state index contributed by atoms with van der Waals surface area (Å²) in [6.45, 7) is 8.24. The van der Waals surface area contributed by atoms with Gasteiger partial charge in [0.25, 0.3) is 0 Å². The molecule has 0 radical (unpaired) electrons. The second-order valence-electron chi connectivity index (χ2n) is 5.78. The van der Waals surface area contributed by atoms with Gasteiger partial charge in [0, 0.05) is 38.4 Å². The number of rotatable bonds is 2. The minimum Gasteiger partial charge on any atom is -0.363 e. The Hall–Kier alpha value is -1.03. The van der Waals surface area contributed by atoms with Gasteiger partial charge in [-0.25, -0.2) is 0 Å². The Morgan fingerprint density at radius 1 is 1.39 bits per heavy atom. The minimum absolute atomic E-state index is 0.605. The maximum Gasteiger partial charge on any atom is 0.0855 e. The van der Waals surface area contributed by atoms with Gasteiger partial charge in [0.1, 0.15) is 0 Å². The summed E-state index contributed by atoms with van der Waals surface area (Å²) in [5.74, 6) is 0. The standard InChI is InChI=1S/C14H24N4/c1-4-13-14(10-16(3)15-13)18-9-12-6-5-7-17(12)8-11(18)2/h10-12H,4-9H2,1-3H3. The highest BCUT2D eigenvalue weighted by Crippen LogP contribution is 2.30. The van der Waals surface area contributed by atoms with Crippen molar-refractivity contribution in [3.05, 3.63) is 11.9 Å². The van der Waals surface area contributed by atoms with Gasteiger partial charge in [0.05, 0.1) is 11.4 Å². The van der Waals surface area contributed by atoms with E-state index in [9.17, 15) is 0 Å². The lowest BCUT2D eigenvalue weighted by Gasteiger charge is -2.43. The van der Waals surface area contributed by atoms with Crippen LogP contribution in [0, 0.1) is 0 Å². The molecular formula is C14H24N4. The van der Waals surface area contributed by atoms with Gasteiger partial charge in [-0.2, -0.15) is 5.10 Å². The van der Waals surface area contributed by atoms with Gasteiger partial charge >= 0.3 is 0 Å². The summed E-state index contributed by atoms with van der Waals surface area (Å²) in [6, 6.07) is 1.37. The monoisotopic (exact) mass is 248 g/mol. The van der Waals surface area contributed by atoms with E-state index in [1.54, 1.807) is 0 Å². The second-order valence-corrected chi connectivity index (χ2v) is 5.78. The van der Waals surface area contributed by atoms with Crippen molar-refractivity contribution in [3.63, 3.8) is 0 Å². The van der Waals surface area contributed by atoms with E-state index in [1.165, 1.54) is 43.9 Å². The first-order chi connectivity index (χ1) is 8.69. The number of aryl methyl sites for hydroxylation is 2. The van der Waals surface area contributed by atoms with Crippen LogP contribution in [0.25, 0.3) is 0 Å². The molecule has 0 amide bonds. The van der Waals surface area contributed by atoms with Crippen molar-refractivity contribution in [2.24, 2.45) is 7.05 Å². The predicted molar refractivity (Wildman–Crippen MR) is 74.0 cm³/mol. The van der Waals surface area contributed by atoms with E-state index in [-0.39, 0.29) is 0 Å². The van der Waals surface area contributed by atoms with Crippen molar-refractivity contribution in [2.45, 2.75) is 45.2 Å². The fourth-order valence-corrected chi connectivity index (χ4v) is 3.54. The lowest BCUT2D eigenvalue weighted by molar-refractivity contribution is 0.203. The van der Waals surface area contributed by atoms with E-state index in [2.05, 4.69) is 34.9 Å². The van der Waals surface area contributed by atoms with Crippen LogP contribution < -0.4 is 4.90 Å². The molecule has 2 aliphatic heterocycles. The number of aromatic nitrogens is 2. The highest BCUT2D eigenvalue weighted by atomic mass is 15.3. The highest BCUT2D eigenvalue weighted by Gasteiger charge is 2.35. The molecule has 0 aromatic carbocycles. The zero-order valence-corrected chi connectivity index (χ0v) is 11.8. The maximum absolute atomic E-state index is 4.59. The Kier molecular flexibility index (Phi) is 3.06. The van der Waals surface area contributed by atoms with Crippen LogP contribution in [0.2, 0.25) is 0 Å². The van der Waals surface area contributed by atoms with Gasteiger partial charge in [0.2, 0.25) is 0 Å². The van der Waals surface area contributed by atoms with Crippen molar-refractivity contribution in [2.75, 3.05) is 24.5 Å². The molecule has 0 saturated carbocycles. The first-order valence-corrected chi connectivity index (χ1v) is 7.22. The molecule has 4 heteroatoms.